The fourth-order valence-corrected chi connectivity index (χ4v) is 4.84. The van der Waals surface area contributed by atoms with Crippen molar-refractivity contribution in [2.45, 2.75) is 13.5 Å². The lowest BCUT2D eigenvalue weighted by Gasteiger charge is -2.14. The van der Waals surface area contributed by atoms with Gasteiger partial charge in [0.25, 0.3) is 11.1 Å². The van der Waals surface area contributed by atoms with Crippen LogP contribution in [0.4, 0.5) is 4.79 Å². The summed E-state index contributed by atoms with van der Waals surface area (Å²) in [4.78, 5) is 39.5. The fourth-order valence-electron chi connectivity index (χ4n) is 3.48. The van der Waals surface area contributed by atoms with Gasteiger partial charge in [-0.2, -0.15) is 0 Å². The highest BCUT2D eigenvalue weighted by Crippen LogP contribution is 2.37. The van der Waals surface area contributed by atoms with Gasteiger partial charge in [-0.25, -0.2) is 4.79 Å². The van der Waals surface area contributed by atoms with Gasteiger partial charge in [-0.05, 0) is 78.9 Å². The molecule has 1 fully saturated rings. The van der Waals surface area contributed by atoms with Crippen LogP contribution in [0, 0.1) is 0 Å². The van der Waals surface area contributed by atoms with Crippen molar-refractivity contribution in [1.82, 2.24) is 4.90 Å². The van der Waals surface area contributed by atoms with Crippen molar-refractivity contribution < 1.29 is 28.6 Å². The number of esters is 1. The Kier molecular flexibility index (Phi) is 8.43. The Morgan fingerprint density at radius 2 is 1.70 bits per heavy atom. The molecule has 190 valence electrons. The quantitative estimate of drug-likeness (QED) is 0.170. The number of benzene rings is 3. The number of nitrogens with zero attached hydrogens (tertiary/aromatic N) is 1. The molecule has 10 heteroatoms. The van der Waals surface area contributed by atoms with Gasteiger partial charge in [-0.1, -0.05) is 35.3 Å². The number of carbonyl (C=O) groups is 3. The molecule has 3 aromatic rings. The Morgan fingerprint density at radius 3 is 2.35 bits per heavy atom. The SMILES string of the molecule is CCOc1cc(/C=C2\SC(=O)N(Cc3c(Cl)cccc3Cl)C2=O)ccc1OC(=O)c1ccc(OC)cc1. The van der Waals surface area contributed by atoms with Gasteiger partial charge in [0, 0.05) is 15.6 Å². The monoisotopic (exact) mass is 557 g/mol. The first-order valence-corrected chi connectivity index (χ1v) is 12.7. The first kappa shape index (κ1) is 26.6. The van der Waals surface area contributed by atoms with Crippen molar-refractivity contribution in [3.05, 3.63) is 92.3 Å². The van der Waals surface area contributed by atoms with E-state index < -0.39 is 17.1 Å². The molecule has 0 aromatic heterocycles. The molecule has 0 aliphatic carbocycles. The van der Waals surface area contributed by atoms with E-state index in [9.17, 15) is 14.4 Å². The number of amides is 2. The lowest BCUT2D eigenvalue weighted by Crippen LogP contribution is -2.27. The second-order valence-corrected chi connectivity index (χ2v) is 9.53. The van der Waals surface area contributed by atoms with Gasteiger partial charge in [-0.15, -0.1) is 0 Å². The molecule has 0 saturated carbocycles. The second-order valence-electron chi connectivity index (χ2n) is 7.73. The summed E-state index contributed by atoms with van der Waals surface area (Å²) in [7, 11) is 1.54. The van der Waals surface area contributed by atoms with E-state index in [0.29, 0.717) is 44.8 Å². The normalized spacial score (nSPS) is 14.3. The summed E-state index contributed by atoms with van der Waals surface area (Å²) < 4.78 is 16.3. The number of carbonyl (C=O) groups excluding carboxylic acids is 3. The van der Waals surface area contributed by atoms with E-state index in [2.05, 4.69) is 0 Å². The van der Waals surface area contributed by atoms with Gasteiger partial charge in [0.1, 0.15) is 5.75 Å². The van der Waals surface area contributed by atoms with Crippen LogP contribution < -0.4 is 14.2 Å². The molecule has 2 amide bonds. The summed E-state index contributed by atoms with van der Waals surface area (Å²) in [6.45, 7) is 2.09. The third-order valence-electron chi connectivity index (χ3n) is 5.35. The van der Waals surface area contributed by atoms with Crippen molar-refractivity contribution in [3.8, 4) is 17.2 Å². The lowest BCUT2D eigenvalue weighted by atomic mass is 10.1. The van der Waals surface area contributed by atoms with Crippen LogP contribution in [0.1, 0.15) is 28.4 Å². The molecule has 1 aliphatic rings. The van der Waals surface area contributed by atoms with Crippen LogP contribution in [0.3, 0.4) is 0 Å². The highest BCUT2D eigenvalue weighted by Gasteiger charge is 2.35. The van der Waals surface area contributed by atoms with Crippen LogP contribution in [0.2, 0.25) is 10.0 Å². The highest BCUT2D eigenvalue weighted by atomic mass is 35.5. The number of hydrogen-bond acceptors (Lipinski definition) is 7. The Hall–Kier alpha value is -3.46. The summed E-state index contributed by atoms with van der Waals surface area (Å²) >= 11 is 13.2. The van der Waals surface area contributed by atoms with E-state index in [0.717, 1.165) is 16.7 Å². The Balaban J connectivity index is 1.54. The molecule has 1 saturated heterocycles. The third kappa shape index (κ3) is 6.10. The van der Waals surface area contributed by atoms with E-state index in [1.165, 1.54) is 7.11 Å². The molecule has 0 atom stereocenters. The fraction of sp³-hybridized carbons (Fsp3) is 0.148. The molecule has 0 radical (unpaired) electrons. The van der Waals surface area contributed by atoms with E-state index in [1.807, 2.05) is 0 Å². The maximum absolute atomic E-state index is 13.0. The number of ether oxygens (including phenoxy) is 3. The van der Waals surface area contributed by atoms with Crippen LogP contribution in [0.5, 0.6) is 17.2 Å². The molecule has 7 nitrogen and oxygen atoms in total. The number of hydrogen-bond donors (Lipinski definition) is 0. The van der Waals surface area contributed by atoms with Gasteiger partial charge in [0.2, 0.25) is 0 Å². The van der Waals surface area contributed by atoms with Gasteiger partial charge in [0.15, 0.2) is 11.5 Å². The largest absolute Gasteiger partial charge is 0.497 e. The van der Waals surface area contributed by atoms with Crippen LogP contribution in [0.15, 0.2) is 65.6 Å². The summed E-state index contributed by atoms with van der Waals surface area (Å²) in [5.41, 5.74) is 1.43. The predicted molar refractivity (Wildman–Crippen MR) is 144 cm³/mol. The second kappa shape index (κ2) is 11.7. The molecule has 0 spiro atoms. The number of halogens is 2. The molecule has 1 heterocycles. The molecule has 0 unspecified atom stereocenters. The number of thioether (sulfide) groups is 1. The molecule has 0 N–H and O–H groups in total. The van der Waals surface area contributed by atoms with Crippen LogP contribution in [0.25, 0.3) is 6.08 Å². The lowest BCUT2D eigenvalue weighted by molar-refractivity contribution is -0.123. The van der Waals surface area contributed by atoms with E-state index >= 15 is 0 Å². The zero-order chi connectivity index (χ0) is 26.5. The standard InChI is InChI=1S/C27H21Cl2NO6S/c1-3-35-23-13-16(7-12-22(23)36-26(32)17-8-10-18(34-2)11-9-17)14-24-25(31)30(27(33)37-24)15-19-20(28)5-4-6-21(19)29/h4-14H,3,15H2,1-2H3/b24-14-. The van der Waals surface area contributed by atoms with Crippen molar-refractivity contribution in [3.63, 3.8) is 0 Å². The van der Waals surface area contributed by atoms with Crippen LogP contribution in [-0.2, 0) is 11.3 Å². The maximum atomic E-state index is 13.0. The first-order valence-electron chi connectivity index (χ1n) is 11.1. The van der Waals surface area contributed by atoms with Crippen LogP contribution >= 0.6 is 35.0 Å². The average molecular weight is 558 g/mol. The van der Waals surface area contributed by atoms with Gasteiger partial charge in [-0.3, -0.25) is 14.5 Å². The summed E-state index contributed by atoms with van der Waals surface area (Å²) in [6, 6.07) is 16.4. The molecule has 0 bridgehead atoms. The Morgan fingerprint density at radius 1 is 1.00 bits per heavy atom. The van der Waals surface area contributed by atoms with Crippen molar-refractivity contribution >= 4 is 58.2 Å². The number of rotatable bonds is 8. The Labute approximate surface area is 227 Å². The minimum atomic E-state index is -0.560. The zero-order valence-electron chi connectivity index (χ0n) is 19.8. The minimum absolute atomic E-state index is 0.0367. The molecule has 37 heavy (non-hydrogen) atoms. The molecule has 3 aromatic carbocycles. The van der Waals surface area contributed by atoms with Gasteiger partial charge in [0.05, 0.1) is 30.7 Å². The molecule has 1 aliphatic heterocycles. The minimum Gasteiger partial charge on any atom is -0.497 e. The average Bonchev–Trinajstić information content (AvgIpc) is 3.15. The highest BCUT2D eigenvalue weighted by molar-refractivity contribution is 8.18. The third-order valence-corrected chi connectivity index (χ3v) is 6.96. The first-order chi connectivity index (χ1) is 17.8. The topological polar surface area (TPSA) is 82.1 Å². The zero-order valence-corrected chi connectivity index (χ0v) is 22.2. The van der Waals surface area contributed by atoms with Gasteiger partial charge >= 0.3 is 5.97 Å². The van der Waals surface area contributed by atoms with E-state index in [-0.39, 0.29) is 17.2 Å². The smallest absolute Gasteiger partial charge is 0.343 e. The molecular weight excluding hydrogens is 537 g/mol. The number of methoxy groups -OCH3 is 1. The summed E-state index contributed by atoms with van der Waals surface area (Å²) in [5.74, 6) is 0.145. The van der Waals surface area contributed by atoms with Crippen LogP contribution in [-0.4, -0.2) is 35.7 Å². The number of imide groups is 1. The van der Waals surface area contributed by atoms with Crippen molar-refractivity contribution in [2.24, 2.45) is 0 Å². The predicted octanol–water partition coefficient (Wildman–Crippen LogP) is 6.86. The molecule has 4 rings (SSSR count). The Bertz CT molecular complexity index is 1370. The van der Waals surface area contributed by atoms with Crippen molar-refractivity contribution in [2.75, 3.05) is 13.7 Å². The summed E-state index contributed by atoms with van der Waals surface area (Å²) in [6.07, 6.45) is 1.58. The van der Waals surface area contributed by atoms with E-state index in [4.69, 9.17) is 37.4 Å². The van der Waals surface area contributed by atoms with Crippen molar-refractivity contribution in [1.29, 1.82) is 0 Å². The van der Waals surface area contributed by atoms with Gasteiger partial charge < -0.3 is 14.2 Å². The van der Waals surface area contributed by atoms with E-state index in [1.54, 1.807) is 73.7 Å². The molecular formula is C27H21Cl2NO6S. The summed E-state index contributed by atoms with van der Waals surface area (Å²) in [5, 5.41) is 0.315. The maximum Gasteiger partial charge on any atom is 0.343 e.